The van der Waals surface area contributed by atoms with Crippen LogP contribution >= 0.6 is 0 Å². The van der Waals surface area contributed by atoms with Crippen molar-refractivity contribution in [2.45, 2.75) is 13.5 Å². The van der Waals surface area contributed by atoms with Crippen molar-refractivity contribution >= 4 is 23.0 Å². The SMILES string of the molecule is CCOc1cc(C=CC(=O)NCc2nc3ccccc3[nH]2)ccc1OC. The molecular weight excluding hydrogens is 330 g/mol. The molecule has 0 atom stereocenters. The minimum absolute atomic E-state index is 0.195. The largest absolute Gasteiger partial charge is 0.493 e. The molecule has 0 bridgehead atoms. The Labute approximate surface area is 151 Å². The van der Waals surface area contributed by atoms with Crippen LogP contribution in [0.4, 0.5) is 0 Å². The number of carbonyl (C=O) groups is 1. The fourth-order valence-corrected chi connectivity index (χ4v) is 2.56. The average Bonchev–Trinajstić information content (AvgIpc) is 3.08. The number of imidazole rings is 1. The smallest absolute Gasteiger partial charge is 0.244 e. The predicted molar refractivity (Wildman–Crippen MR) is 101 cm³/mol. The van der Waals surface area contributed by atoms with E-state index in [1.54, 1.807) is 13.2 Å². The van der Waals surface area contributed by atoms with Gasteiger partial charge in [-0.05, 0) is 42.8 Å². The molecule has 3 aromatic rings. The molecule has 0 aliphatic heterocycles. The van der Waals surface area contributed by atoms with E-state index in [2.05, 4.69) is 15.3 Å². The van der Waals surface area contributed by atoms with Crippen LogP contribution in [0.3, 0.4) is 0 Å². The Kier molecular flexibility index (Phi) is 5.53. The first-order valence-electron chi connectivity index (χ1n) is 8.40. The Morgan fingerprint density at radius 3 is 2.85 bits per heavy atom. The second-order valence-electron chi connectivity index (χ2n) is 5.60. The van der Waals surface area contributed by atoms with Crippen molar-refractivity contribution in [2.24, 2.45) is 0 Å². The maximum Gasteiger partial charge on any atom is 0.244 e. The number of para-hydroxylation sites is 2. The normalized spacial score (nSPS) is 11.0. The summed E-state index contributed by atoms with van der Waals surface area (Å²) in [5.74, 6) is 1.84. The number of methoxy groups -OCH3 is 1. The summed E-state index contributed by atoms with van der Waals surface area (Å²) in [5, 5.41) is 2.82. The van der Waals surface area contributed by atoms with Crippen LogP contribution in [-0.2, 0) is 11.3 Å². The molecule has 0 saturated heterocycles. The predicted octanol–water partition coefficient (Wildman–Crippen LogP) is 3.30. The van der Waals surface area contributed by atoms with Gasteiger partial charge < -0.3 is 19.8 Å². The number of ether oxygens (including phenoxy) is 2. The van der Waals surface area contributed by atoms with Crippen LogP contribution in [0.5, 0.6) is 11.5 Å². The number of aromatic amines is 1. The van der Waals surface area contributed by atoms with Crippen molar-refractivity contribution in [1.82, 2.24) is 15.3 Å². The number of hydrogen-bond donors (Lipinski definition) is 2. The highest BCUT2D eigenvalue weighted by Gasteiger charge is 2.05. The summed E-state index contributed by atoms with van der Waals surface area (Å²) in [4.78, 5) is 19.7. The zero-order valence-corrected chi connectivity index (χ0v) is 14.8. The molecule has 0 aliphatic rings. The number of carbonyl (C=O) groups excluding carboxylic acids is 1. The number of fused-ring (bicyclic) bond motifs is 1. The number of aromatic nitrogens is 2. The first-order valence-corrected chi connectivity index (χ1v) is 8.40. The number of amides is 1. The molecule has 2 N–H and O–H groups in total. The zero-order chi connectivity index (χ0) is 18.4. The second kappa shape index (κ2) is 8.20. The topological polar surface area (TPSA) is 76.2 Å². The lowest BCUT2D eigenvalue weighted by Gasteiger charge is -2.09. The lowest BCUT2D eigenvalue weighted by molar-refractivity contribution is -0.116. The van der Waals surface area contributed by atoms with Gasteiger partial charge in [0.2, 0.25) is 5.91 Å². The van der Waals surface area contributed by atoms with Crippen molar-refractivity contribution < 1.29 is 14.3 Å². The Morgan fingerprint density at radius 2 is 2.08 bits per heavy atom. The van der Waals surface area contributed by atoms with Crippen molar-refractivity contribution in [3.05, 3.63) is 59.9 Å². The monoisotopic (exact) mass is 351 g/mol. The fraction of sp³-hybridized carbons (Fsp3) is 0.200. The molecule has 134 valence electrons. The number of rotatable bonds is 7. The van der Waals surface area contributed by atoms with Crippen molar-refractivity contribution in [2.75, 3.05) is 13.7 Å². The quantitative estimate of drug-likeness (QED) is 0.641. The maximum absolute atomic E-state index is 12.0. The van der Waals surface area contributed by atoms with Gasteiger partial charge in [-0.3, -0.25) is 4.79 Å². The van der Waals surface area contributed by atoms with Crippen LogP contribution in [-0.4, -0.2) is 29.6 Å². The Morgan fingerprint density at radius 1 is 1.23 bits per heavy atom. The molecule has 0 aliphatic carbocycles. The maximum atomic E-state index is 12.0. The number of hydrogen-bond acceptors (Lipinski definition) is 4. The molecule has 26 heavy (non-hydrogen) atoms. The fourth-order valence-electron chi connectivity index (χ4n) is 2.56. The molecule has 0 spiro atoms. The second-order valence-corrected chi connectivity index (χ2v) is 5.60. The Hall–Kier alpha value is -3.28. The highest BCUT2D eigenvalue weighted by atomic mass is 16.5. The molecule has 0 fully saturated rings. The van der Waals surface area contributed by atoms with E-state index in [9.17, 15) is 4.79 Å². The molecule has 6 nitrogen and oxygen atoms in total. The molecule has 1 aromatic heterocycles. The van der Waals surface area contributed by atoms with E-state index in [1.165, 1.54) is 6.08 Å². The van der Waals surface area contributed by atoms with Gasteiger partial charge in [-0.2, -0.15) is 0 Å². The Bertz CT molecular complexity index is 898. The molecule has 2 aromatic carbocycles. The molecule has 0 radical (unpaired) electrons. The minimum Gasteiger partial charge on any atom is -0.493 e. The molecule has 1 heterocycles. The van der Waals surface area contributed by atoms with E-state index in [0.717, 1.165) is 22.4 Å². The van der Waals surface area contributed by atoms with Gasteiger partial charge in [-0.1, -0.05) is 18.2 Å². The van der Waals surface area contributed by atoms with E-state index in [1.807, 2.05) is 49.4 Å². The van der Waals surface area contributed by atoms with Crippen LogP contribution in [0, 0.1) is 0 Å². The summed E-state index contributed by atoms with van der Waals surface area (Å²) in [7, 11) is 1.60. The van der Waals surface area contributed by atoms with Crippen molar-refractivity contribution in [3.63, 3.8) is 0 Å². The molecular formula is C20H21N3O3. The molecule has 1 amide bonds. The standard InChI is InChI=1S/C20H21N3O3/c1-3-26-18-12-14(8-10-17(18)25-2)9-11-20(24)21-13-19-22-15-6-4-5-7-16(15)23-19/h4-12H,3,13H2,1-2H3,(H,21,24)(H,22,23). The summed E-state index contributed by atoms with van der Waals surface area (Å²) in [6.07, 6.45) is 3.22. The van der Waals surface area contributed by atoms with Crippen LogP contribution in [0.15, 0.2) is 48.5 Å². The van der Waals surface area contributed by atoms with Crippen molar-refractivity contribution in [1.29, 1.82) is 0 Å². The first kappa shape index (κ1) is 17.5. The van der Waals surface area contributed by atoms with Crippen LogP contribution in [0.1, 0.15) is 18.3 Å². The van der Waals surface area contributed by atoms with E-state index in [-0.39, 0.29) is 5.91 Å². The van der Waals surface area contributed by atoms with Gasteiger partial charge in [0.15, 0.2) is 11.5 Å². The molecule has 6 heteroatoms. The number of H-pyrrole nitrogens is 1. The van der Waals surface area contributed by atoms with Crippen LogP contribution in [0.2, 0.25) is 0 Å². The van der Waals surface area contributed by atoms with Crippen LogP contribution in [0.25, 0.3) is 17.1 Å². The van der Waals surface area contributed by atoms with Crippen LogP contribution < -0.4 is 14.8 Å². The van der Waals surface area contributed by atoms with Gasteiger partial charge in [0.1, 0.15) is 5.82 Å². The summed E-state index contributed by atoms with van der Waals surface area (Å²) >= 11 is 0. The lowest BCUT2D eigenvalue weighted by atomic mass is 10.2. The van der Waals surface area contributed by atoms with Crippen molar-refractivity contribution in [3.8, 4) is 11.5 Å². The van der Waals surface area contributed by atoms with E-state index in [0.29, 0.717) is 24.7 Å². The zero-order valence-electron chi connectivity index (χ0n) is 14.8. The molecule has 3 rings (SSSR count). The summed E-state index contributed by atoms with van der Waals surface area (Å²) in [6, 6.07) is 13.3. The van der Waals surface area contributed by atoms with Gasteiger partial charge >= 0.3 is 0 Å². The Balaban J connectivity index is 1.61. The van der Waals surface area contributed by atoms with E-state index in [4.69, 9.17) is 9.47 Å². The van der Waals surface area contributed by atoms with Gasteiger partial charge in [-0.25, -0.2) is 4.98 Å². The molecule has 0 saturated carbocycles. The highest BCUT2D eigenvalue weighted by Crippen LogP contribution is 2.28. The summed E-state index contributed by atoms with van der Waals surface area (Å²) in [6.45, 7) is 2.79. The number of nitrogens with zero attached hydrogens (tertiary/aromatic N) is 1. The number of benzene rings is 2. The average molecular weight is 351 g/mol. The lowest BCUT2D eigenvalue weighted by Crippen LogP contribution is -2.20. The van der Waals surface area contributed by atoms with Gasteiger partial charge in [0.05, 0.1) is 31.3 Å². The summed E-state index contributed by atoms with van der Waals surface area (Å²) < 4.78 is 10.8. The third kappa shape index (κ3) is 4.22. The molecule has 0 unspecified atom stereocenters. The first-order chi connectivity index (χ1) is 12.7. The van der Waals surface area contributed by atoms with Gasteiger partial charge in [0, 0.05) is 6.08 Å². The van der Waals surface area contributed by atoms with E-state index < -0.39 is 0 Å². The highest BCUT2D eigenvalue weighted by molar-refractivity contribution is 5.91. The summed E-state index contributed by atoms with van der Waals surface area (Å²) in [5.41, 5.74) is 2.69. The van der Waals surface area contributed by atoms with Gasteiger partial charge in [0.25, 0.3) is 0 Å². The van der Waals surface area contributed by atoms with E-state index >= 15 is 0 Å². The third-order valence-electron chi connectivity index (χ3n) is 3.78. The minimum atomic E-state index is -0.195. The number of nitrogens with one attached hydrogen (secondary N) is 2. The third-order valence-corrected chi connectivity index (χ3v) is 3.78. The van der Waals surface area contributed by atoms with Gasteiger partial charge in [-0.15, -0.1) is 0 Å².